The highest BCUT2D eigenvalue weighted by Crippen LogP contribution is 2.30. The van der Waals surface area contributed by atoms with Crippen LogP contribution in [0, 0.1) is 17.5 Å². The molecule has 0 spiro atoms. The fourth-order valence-electron chi connectivity index (χ4n) is 4.10. The van der Waals surface area contributed by atoms with E-state index in [1.165, 1.54) is 45.5 Å². The second kappa shape index (κ2) is 9.70. The summed E-state index contributed by atoms with van der Waals surface area (Å²) in [4.78, 5) is 28.0. The highest BCUT2D eigenvalue weighted by Gasteiger charge is 2.42. The lowest BCUT2D eigenvalue weighted by molar-refractivity contribution is -0.118. The molecule has 199 valence electrons. The molecule has 1 unspecified atom stereocenters. The molecule has 0 aliphatic carbocycles. The number of hydrogen-bond acceptors (Lipinski definition) is 6. The molecule has 0 bridgehead atoms. The Hall–Kier alpha value is -4.01. The van der Waals surface area contributed by atoms with Crippen LogP contribution in [0.3, 0.4) is 0 Å². The molecule has 4 rings (SSSR count). The molecule has 0 saturated carbocycles. The van der Waals surface area contributed by atoms with Crippen LogP contribution in [-0.2, 0) is 19.8 Å². The van der Waals surface area contributed by atoms with E-state index in [2.05, 4.69) is 15.6 Å². The summed E-state index contributed by atoms with van der Waals surface area (Å²) >= 11 is 0. The molecule has 2 amide bonds. The first-order valence-corrected chi connectivity index (χ1v) is 12.5. The van der Waals surface area contributed by atoms with Crippen molar-refractivity contribution < 1.29 is 31.2 Å². The number of fused-ring (bicyclic) bond motifs is 3. The number of primary amides is 1. The standard InChI is InChI=1S/C24H22F3N6O4S/c1-32(2)38(36,37)33(3,7-6-21(28)34)14-4-5-20-15(10-14)17-12-29-22(35)11-16(17)24(30-20)31-23-18(26)8-13(25)9-19(23)27/h4-5,8-12H,6-7H2,1-3H3,(H2-,28,30,31,34)/p+1. The van der Waals surface area contributed by atoms with Gasteiger partial charge in [-0.05, 0) is 6.07 Å². The fourth-order valence-corrected chi connectivity index (χ4v) is 5.52. The maximum atomic E-state index is 14.3. The van der Waals surface area contributed by atoms with E-state index < -0.39 is 49.1 Å². The van der Waals surface area contributed by atoms with E-state index in [1.54, 1.807) is 0 Å². The van der Waals surface area contributed by atoms with Gasteiger partial charge in [0, 0.05) is 66.5 Å². The number of quaternary nitrogens is 1. The Balaban J connectivity index is 1.96. The minimum atomic E-state index is -4.03. The van der Waals surface area contributed by atoms with Crippen LogP contribution in [0.5, 0.6) is 0 Å². The lowest BCUT2D eigenvalue weighted by atomic mass is 10.1. The molecule has 38 heavy (non-hydrogen) atoms. The molecule has 0 fully saturated rings. The van der Waals surface area contributed by atoms with Crippen molar-refractivity contribution >= 4 is 62.4 Å². The van der Waals surface area contributed by atoms with E-state index in [0.29, 0.717) is 22.7 Å². The van der Waals surface area contributed by atoms with Crippen molar-refractivity contribution in [2.24, 2.45) is 5.73 Å². The first-order chi connectivity index (χ1) is 17.7. The minimum absolute atomic E-state index is 0.101. The van der Waals surface area contributed by atoms with Crippen LogP contribution in [0.4, 0.5) is 30.4 Å². The van der Waals surface area contributed by atoms with E-state index in [1.807, 2.05) is 0 Å². The molecule has 3 aromatic rings. The highest BCUT2D eigenvalue weighted by atomic mass is 32.2. The van der Waals surface area contributed by atoms with Crippen molar-refractivity contribution in [3.05, 3.63) is 58.2 Å². The number of halogens is 3. The number of carbonyl (C=O) groups excluding carboxylic acids is 2. The fraction of sp³-hybridized carbons (Fsp3) is 0.208. The van der Waals surface area contributed by atoms with Gasteiger partial charge in [0.15, 0.2) is 11.6 Å². The predicted octanol–water partition coefficient (Wildman–Crippen LogP) is 0.678. The molecule has 1 aromatic heterocycles. The summed E-state index contributed by atoms with van der Waals surface area (Å²) in [5.74, 6) is -4.96. The molecule has 1 aliphatic heterocycles. The summed E-state index contributed by atoms with van der Waals surface area (Å²) in [6, 6.07) is 5.50. The van der Waals surface area contributed by atoms with Gasteiger partial charge in [-0.1, -0.05) is 0 Å². The number of carbonyl (C=O) groups is 2. The number of nitrogens with one attached hydrogen (secondary N) is 1. The third-order valence-electron chi connectivity index (χ3n) is 6.19. The highest BCUT2D eigenvalue weighted by molar-refractivity contribution is 7.88. The molecular formula is C24H23F3N6O4S+. The van der Waals surface area contributed by atoms with Crippen LogP contribution < -0.4 is 30.7 Å². The van der Waals surface area contributed by atoms with Crippen molar-refractivity contribution in [3.63, 3.8) is 0 Å². The third kappa shape index (κ3) is 4.68. The zero-order valence-corrected chi connectivity index (χ0v) is 21.3. The third-order valence-corrected chi connectivity index (χ3v) is 8.52. The van der Waals surface area contributed by atoms with Gasteiger partial charge in [-0.25, -0.2) is 23.5 Å². The number of nitrogens with two attached hydrogens (primary N) is 1. The average Bonchev–Trinajstić information content (AvgIpc) is 2.84. The second-order valence-corrected chi connectivity index (χ2v) is 11.3. The molecule has 1 radical (unpaired) electrons. The van der Waals surface area contributed by atoms with E-state index >= 15 is 0 Å². The van der Waals surface area contributed by atoms with Gasteiger partial charge < -0.3 is 11.1 Å². The van der Waals surface area contributed by atoms with Gasteiger partial charge in [0.1, 0.15) is 29.6 Å². The first-order valence-electron chi connectivity index (χ1n) is 11.1. The van der Waals surface area contributed by atoms with Crippen molar-refractivity contribution in [3.8, 4) is 0 Å². The smallest absolute Gasteiger partial charge is 0.369 e. The maximum Gasteiger partial charge on any atom is 0.376 e. The SMILES string of the molecule is CN(C)S(=O)(=O)[N+](C)(CCC(N)=O)c1ccc2nc(Nc3c(F)cc(F)cc3F)c3c(c2c1)=C[N]C(=O)C=3. The van der Waals surface area contributed by atoms with Gasteiger partial charge in [-0.3, -0.25) is 9.59 Å². The number of amides is 2. The van der Waals surface area contributed by atoms with E-state index in [-0.39, 0.29) is 35.2 Å². The van der Waals surface area contributed by atoms with Crippen LogP contribution >= 0.6 is 0 Å². The Morgan fingerprint density at radius 2 is 1.76 bits per heavy atom. The molecule has 1 aliphatic rings. The van der Waals surface area contributed by atoms with Gasteiger partial charge in [-0.2, -0.15) is 16.6 Å². The summed E-state index contributed by atoms with van der Waals surface area (Å²) in [6.07, 6.45) is 2.12. The van der Waals surface area contributed by atoms with Gasteiger partial charge in [0.25, 0.3) is 5.91 Å². The van der Waals surface area contributed by atoms with Crippen LogP contribution in [0.1, 0.15) is 6.42 Å². The molecule has 14 heteroatoms. The van der Waals surface area contributed by atoms with Gasteiger partial charge in [0.2, 0.25) is 5.91 Å². The Labute approximate surface area is 215 Å². The zero-order valence-electron chi connectivity index (χ0n) is 20.5. The number of hydrogen-bond donors (Lipinski definition) is 2. The quantitative estimate of drug-likeness (QED) is 0.398. The average molecular weight is 549 g/mol. The van der Waals surface area contributed by atoms with Crippen LogP contribution in [-0.4, -0.2) is 57.2 Å². The largest absolute Gasteiger partial charge is 0.376 e. The lowest BCUT2D eigenvalue weighted by Crippen LogP contribution is -2.56. The van der Waals surface area contributed by atoms with Gasteiger partial charge >= 0.3 is 10.2 Å². The number of benzene rings is 2. The number of rotatable bonds is 8. The van der Waals surface area contributed by atoms with E-state index in [4.69, 9.17) is 5.73 Å². The minimum Gasteiger partial charge on any atom is -0.369 e. The Morgan fingerprint density at radius 3 is 2.37 bits per heavy atom. The number of aromatic nitrogens is 1. The lowest BCUT2D eigenvalue weighted by Gasteiger charge is -2.34. The van der Waals surface area contributed by atoms with Gasteiger partial charge in [-0.15, -0.1) is 0 Å². The van der Waals surface area contributed by atoms with E-state index in [9.17, 15) is 31.2 Å². The van der Waals surface area contributed by atoms with Crippen LogP contribution in [0.25, 0.3) is 23.2 Å². The monoisotopic (exact) mass is 548 g/mol. The topological polar surface area (TPSA) is 137 Å². The summed E-state index contributed by atoms with van der Waals surface area (Å²) < 4.78 is 69.0. The predicted molar refractivity (Wildman–Crippen MR) is 136 cm³/mol. The molecule has 2 heterocycles. The first kappa shape index (κ1) is 27.0. The maximum absolute atomic E-state index is 14.3. The number of nitrogens with zero attached hydrogens (tertiary/aromatic N) is 4. The van der Waals surface area contributed by atoms with Gasteiger partial charge in [0.05, 0.1) is 19.0 Å². The number of anilines is 2. The molecule has 3 N–H and O–H groups in total. The Morgan fingerprint density at radius 1 is 1.11 bits per heavy atom. The van der Waals surface area contributed by atoms with Crippen molar-refractivity contribution in [1.82, 2.24) is 18.5 Å². The molecule has 1 atom stereocenters. The Kier molecular flexibility index (Phi) is 6.90. The van der Waals surface area contributed by atoms with Crippen molar-refractivity contribution in [2.45, 2.75) is 6.42 Å². The van der Waals surface area contributed by atoms with Crippen LogP contribution in [0.2, 0.25) is 0 Å². The second-order valence-electron chi connectivity index (χ2n) is 8.90. The summed E-state index contributed by atoms with van der Waals surface area (Å²) in [7, 11) is 0.110. The molecule has 2 aromatic carbocycles. The normalized spacial score (nSPS) is 14.8. The van der Waals surface area contributed by atoms with Crippen molar-refractivity contribution in [1.29, 1.82) is 0 Å². The van der Waals surface area contributed by atoms with Crippen molar-refractivity contribution in [2.75, 3.05) is 33.0 Å². The number of pyridine rings is 1. The summed E-state index contributed by atoms with van der Waals surface area (Å²) in [5.41, 5.74) is 5.16. The molecular weight excluding hydrogens is 525 g/mol. The zero-order chi connectivity index (χ0) is 28.0. The Bertz CT molecular complexity index is 1710. The van der Waals surface area contributed by atoms with E-state index in [0.717, 1.165) is 10.4 Å². The summed E-state index contributed by atoms with van der Waals surface area (Å²) in [6.45, 7) is -0.168. The summed E-state index contributed by atoms with van der Waals surface area (Å²) in [5, 5.41) is 7.12. The molecule has 0 saturated heterocycles. The van der Waals surface area contributed by atoms with Crippen LogP contribution in [0.15, 0.2) is 30.3 Å². The molecule has 10 nitrogen and oxygen atoms in total.